The van der Waals surface area contributed by atoms with Gasteiger partial charge in [0.1, 0.15) is 6.04 Å². The van der Waals surface area contributed by atoms with Crippen LogP contribution in [0.25, 0.3) is 0 Å². The van der Waals surface area contributed by atoms with E-state index in [1.165, 1.54) is 0 Å². The van der Waals surface area contributed by atoms with Gasteiger partial charge in [0.05, 0.1) is 0 Å². The second-order valence-electron chi connectivity index (χ2n) is 3.66. The Kier molecular flexibility index (Phi) is 9.97. The molecule has 0 aromatic rings. The molecule has 0 saturated heterocycles. The molecule has 0 aliphatic heterocycles. The Hall–Kier alpha value is -0.130. The van der Waals surface area contributed by atoms with Crippen LogP contribution in [0.1, 0.15) is 20.3 Å². The molecule has 1 atom stereocenters. The fourth-order valence-electron chi connectivity index (χ4n) is 0.869. The average molecular weight is 263 g/mol. The predicted octanol–water partition coefficient (Wildman–Crippen LogP) is 2.22. The molecule has 0 radical (unpaired) electrons. The van der Waals surface area contributed by atoms with E-state index in [2.05, 4.69) is 26.0 Å². The van der Waals surface area contributed by atoms with E-state index in [4.69, 9.17) is 10.8 Å². The molecule has 0 saturated carbocycles. The summed E-state index contributed by atoms with van der Waals surface area (Å²) >= 11 is 3.63. The smallest absolute Gasteiger partial charge is 0.320 e. The van der Waals surface area contributed by atoms with Crippen LogP contribution < -0.4 is 5.73 Å². The van der Waals surface area contributed by atoms with Crippen LogP contribution in [0.15, 0.2) is 12.2 Å². The van der Waals surface area contributed by atoms with E-state index in [9.17, 15) is 4.79 Å². The summed E-state index contributed by atoms with van der Waals surface area (Å²) in [5.41, 5.74) is 5.38. The molecule has 0 aromatic heterocycles. The highest BCUT2D eigenvalue weighted by atomic mass is 32.2. The van der Waals surface area contributed by atoms with Gasteiger partial charge in [0, 0.05) is 11.5 Å². The van der Waals surface area contributed by atoms with Crippen LogP contribution in [0.5, 0.6) is 0 Å². The van der Waals surface area contributed by atoms with Crippen molar-refractivity contribution in [1.29, 1.82) is 0 Å². The molecule has 0 spiro atoms. The van der Waals surface area contributed by atoms with Crippen molar-refractivity contribution >= 4 is 29.5 Å². The van der Waals surface area contributed by atoms with Crippen molar-refractivity contribution < 1.29 is 9.90 Å². The number of aliphatic carboxylic acids is 1. The quantitative estimate of drug-likeness (QED) is 0.493. The summed E-state index contributed by atoms with van der Waals surface area (Å²) in [4.78, 5) is 10.4. The molecule has 0 aromatic carbocycles. The topological polar surface area (TPSA) is 63.3 Å². The molecule has 5 heteroatoms. The molecule has 0 bridgehead atoms. The second kappa shape index (κ2) is 10.1. The first kappa shape index (κ1) is 15.9. The van der Waals surface area contributed by atoms with Gasteiger partial charge in [-0.1, -0.05) is 26.0 Å². The van der Waals surface area contributed by atoms with Crippen LogP contribution >= 0.6 is 23.5 Å². The van der Waals surface area contributed by atoms with Gasteiger partial charge >= 0.3 is 5.97 Å². The Balaban J connectivity index is 3.30. The van der Waals surface area contributed by atoms with Crippen molar-refractivity contribution in [2.45, 2.75) is 31.6 Å². The van der Waals surface area contributed by atoms with Crippen LogP contribution in [-0.4, -0.2) is 39.6 Å². The zero-order chi connectivity index (χ0) is 12.4. The molecule has 0 aliphatic rings. The Morgan fingerprint density at radius 3 is 2.56 bits per heavy atom. The van der Waals surface area contributed by atoms with E-state index in [1.807, 2.05) is 11.8 Å². The van der Waals surface area contributed by atoms with Gasteiger partial charge in [-0.2, -0.15) is 23.5 Å². The van der Waals surface area contributed by atoms with E-state index in [0.717, 1.165) is 17.3 Å². The zero-order valence-electron chi connectivity index (χ0n) is 9.89. The van der Waals surface area contributed by atoms with Gasteiger partial charge < -0.3 is 10.8 Å². The Morgan fingerprint density at radius 1 is 1.38 bits per heavy atom. The lowest BCUT2D eigenvalue weighted by Gasteiger charge is -2.04. The number of rotatable bonds is 9. The molecule has 16 heavy (non-hydrogen) atoms. The van der Waals surface area contributed by atoms with Crippen LogP contribution in [0.2, 0.25) is 0 Å². The minimum Gasteiger partial charge on any atom is -0.480 e. The minimum atomic E-state index is -0.913. The minimum absolute atomic E-state index is 0.536. The van der Waals surface area contributed by atoms with Crippen LogP contribution in [0, 0.1) is 0 Å². The standard InChI is InChI=1S/C11H21NO2S2/c1-9(2)16-7-4-3-6-15-8-5-10(12)11(13)14/h3-4,9-10H,5-8,12H2,1-2H3,(H,13,14)/b4-3+/t10-/m0/s1. The third kappa shape index (κ3) is 10.4. The summed E-state index contributed by atoms with van der Waals surface area (Å²) in [5.74, 6) is 1.87. The Bertz CT molecular complexity index is 220. The number of nitrogens with two attached hydrogens (primary N) is 1. The number of carboxylic acids is 1. The lowest BCUT2D eigenvalue weighted by molar-refractivity contribution is -0.138. The fraction of sp³-hybridized carbons (Fsp3) is 0.727. The van der Waals surface area contributed by atoms with E-state index >= 15 is 0 Å². The Morgan fingerprint density at radius 2 is 2.00 bits per heavy atom. The highest BCUT2D eigenvalue weighted by Gasteiger charge is 2.09. The molecule has 0 heterocycles. The highest BCUT2D eigenvalue weighted by Crippen LogP contribution is 2.09. The number of hydrogen-bond donors (Lipinski definition) is 2. The van der Waals surface area contributed by atoms with Crippen molar-refractivity contribution in [3.8, 4) is 0 Å². The largest absolute Gasteiger partial charge is 0.480 e. The van der Waals surface area contributed by atoms with Crippen LogP contribution in [-0.2, 0) is 4.79 Å². The highest BCUT2D eigenvalue weighted by molar-refractivity contribution is 8.00. The zero-order valence-corrected chi connectivity index (χ0v) is 11.5. The third-order valence-corrected chi connectivity index (χ3v) is 3.80. The summed E-state index contributed by atoms with van der Waals surface area (Å²) in [6.45, 7) is 4.36. The lowest BCUT2D eigenvalue weighted by Crippen LogP contribution is -2.30. The molecule has 0 unspecified atom stereocenters. The SMILES string of the molecule is CC(C)SC/C=C/CSCC[C@H](N)C(=O)O. The average Bonchev–Trinajstić information content (AvgIpc) is 2.21. The molecule has 0 amide bonds. The van der Waals surface area contributed by atoms with Crippen molar-refractivity contribution in [3.63, 3.8) is 0 Å². The van der Waals surface area contributed by atoms with E-state index in [1.54, 1.807) is 11.8 Å². The monoisotopic (exact) mass is 263 g/mol. The molecule has 0 aliphatic carbocycles. The van der Waals surface area contributed by atoms with Crippen molar-refractivity contribution in [2.75, 3.05) is 17.3 Å². The molecule has 0 fully saturated rings. The molecular formula is C11H21NO2S2. The van der Waals surface area contributed by atoms with E-state index in [0.29, 0.717) is 11.7 Å². The summed E-state index contributed by atoms with van der Waals surface area (Å²) in [5, 5.41) is 9.23. The molecule has 3 nitrogen and oxygen atoms in total. The first-order valence-corrected chi connectivity index (χ1v) is 7.57. The van der Waals surface area contributed by atoms with Gasteiger partial charge in [0.2, 0.25) is 0 Å². The summed E-state index contributed by atoms with van der Waals surface area (Å²) in [7, 11) is 0. The maximum Gasteiger partial charge on any atom is 0.320 e. The number of hydrogen-bond acceptors (Lipinski definition) is 4. The van der Waals surface area contributed by atoms with Crippen molar-refractivity contribution in [1.82, 2.24) is 0 Å². The van der Waals surface area contributed by atoms with Crippen LogP contribution in [0.4, 0.5) is 0 Å². The van der Waals surface area contributed by atoms with Gasteiger partial charge in [0.25, 0.3) is 0 Å². The fourth-order valence-corrected chi connectivity index (χ4v) is 2.36. The number of carboxylic acid groups (broad SMARTS) is 1. The van der Waals surface area contributed by atoms with Gasteiger partial charge in [0.15, 0.2) is 0 Å². The summed E-state index contributed by atoms with van der Waals surface area (Å²) in [6.07, 6.45) is 4.83. The second-order valence-corrected chi connectivity index (χ2v) is 6.42. The molecule has 0 rings (SSSR count). The Labute approximate surface area is 106 Å². The first-order valence-electron chi connectivity index (χ1n) is 5.36. The summed E-state index contributed by atoms with van der Waals surface area (Å²) in [6, 6.07) is -0.715. The van der Waals surface area contributed by atoms with Crippen molar-refractivity contribution in [2.24, 2.45) is 5.73 Å². The molecule has 94 valence electrons. The van der Waals surface area contributed by atoms with Gasteiger partial charge in [-0.05, 0) is 17.4 Å². The van der Waals surface area contributed by atoms with E-state index < -0.39 is 12.0 Å². The molecular weight excluding hydrogens is 242 g/mol. The first-order chi connectivity index (χ1) is 7.54. The van der Waals surface area contributed by atoms with Gasteiger partial charge in [-0.15, -0.1) is 0 Å². The summed E-state index contributed by atoms with van der Waals surface area (Å²) < 4.78 is 0. The van der Waals surface area contributed by atoms with Gasteiger partial charge in [-0.25, -0.2) is 0 Å². The predicted molar refractivity (Wildman–Crippen MR) is 74.3 cm³/mol. The normalized spacial score (nSPS) is 13.5. The lowest BCUT2D eigenvalue weighted by atomic mass is 10.2. The van der Waals surface area contributed by atoms with Gasteiger partial charge in [-0.3, -0.25) is 4.79 Å². The number of thioether (sulfide) groups is 2. The number of carbonyl (C=O) groups is 1. The molecule has 3 N–H and O–H groups in total. The van der Waals surface area contributed by atoms with E-state index in [-0.39, 0.29) is 0 Å². The maximum absolute atomic E-state index is 10.4. The maximum atomic E-state index is 10.4. The van der Waals surface area contributed by atoms with Crippen molar-refractivity contribution in [3.05, 3.63) is 12.2 Å². The van der Waals surface area contributed by atoms with Crippen LogP contribution in [0.3, 0.4) is 0 Å². The third-order valence-electron chi connectivity index (χ3n) is 1.80.